The second-order valence-electron chi connectivity index (χ2n) is 29.7. The third kappa shape index (κ3) is 36.1. The van der Waals surface area contributed by atoms with Gasteiger partial charge in [0, 0.05) is 12.8 Å². The molecule has 15 atom stereocenters. The summed E-state index contributed by atoms with van der Waals surface area (Å²) in [6.45, 7) is 19.6. The van der Waals surface area contributed by atoms with Crippen molar-refractivity contribution in [2.45, 2.75) is 270 Å². The van der Waals surface area contributed by atoms with Crippen LogP contribution in [0.5, 0.6) is 5.75 Å². The van der Waals surface area contributed by atoms with Crippen LogP contribution >= 0.6 is 0 Å². The molecule has 2 aromatic carbocycles. The molecule has 0 fully saturated rings. The van der Waals surface area contributed by atoms with Gasteiger partial charge in [-0.2, -0.15) is 0 Å². The van der Waals surface area contributed by atoms with Gasteiger partial charge in [0.2, 0.25) is 76.8 Å². The number of hydrogen-bond acceptors (Lipinski definition) is 21. The van der Waals surface area contributed by atoms with Crippen molar-refractivity contribution in [1.29, 1.82) is 0 Å². The Morgan fingerprint density at radius 2 is 0.622 bits per heavy atom. The minimum atomic E-state index is -1.80. The first-order valence-corrected chi connectivity index (χ1v) is 38.5. The molecular formula is C76H128N18O17. The minimum absolute atomic E-state index is 0.0436. The third-order valence-corrected chi connectivity index (χ3v) is 18.3. The number of nitrogens with one attached hydrogen (secondary N) is 13. The standard InChI is InChI=1S/C76H128N18O17/c1-41(2)38-56(70(104)88-57(39-49-24-14-13-15-25-49)69(103)84-47(11)76(110)111)89-73(107)60(43(5)6)92-71(105)58(40-50-30-32-51(96)33-31-50)90-75(109)62(48(12)95)94-64(98)46(10)82-63(97)45(9)83-72(106)59(42(3)4)93-74(108)61(44(7)8)91-68(102)55(29-19-23-37-80)87-67(101)54(28-18-22-36-79)86-66(100)53(27-17-21-35-78)85-65(99)52(81)26-16-20-34-77/h13-15,24-25,30-33,41-48,52-62,95-96H,16-23,26-29,34-40,77-81H2,1-12H3,(H,82,97)(H,83,106)(H,84,103)(H,85,99)(H,86,100)(H,87,101)(H,88,104)(H,89,107)(H,90,109)(H,91,102)(H,92,105)(H,93,108)(H,94,98)(H,110,111)/t45-,46-,47-,48+,52-,53-,54-,55-,56-,57-,58-,59-,60-,61-,62-/m0/s1. The number of aromatic hydroxyl groups is 1. The van der Waals surface area contributed by atoms with Crippen molar-refractivity contribution < 1.29 is 82.4 Å². The van der Waals surface area contributed by atoms with E-state index in [1.165, 1.54) is 52.0 Å². The van der Waals surface area contributed by atoms with E-state index in [2.05, 4.69) is 69.1 Å². The summed E-state index contributed by atoms with van der Waals surface area (Å²) in [5, 5.41) is 64.6. The molecule has 13 amide bonds. The van der Waals surface area contributed by atoms with Crippen LogP contribution in [0.2, 0.25) is 0 Å². The summed E-state index contributed by atoms with van der Waals surface area (Å²) in [6.07, 6.45) is 2.71. The number of amides is 13. The average molecular weight is 1570 g/mol. The van der Waals surface area contributed by atoms with Gasteiger partial charge in [-0.3, -0.25) is 67.1 Å². The highest BCUT2D eigenvalue weighted by atomic mass is 16.4. The molecule has 0 aliphatic heterocycles. The lowest BCUT2D eigenvalue weighted by molar-refractivity contribution is -0.142. The largest absolute Gasteiger partial charge is 0.508 e. The molecule has 0 aliphatic carbocycles. The fourth-order valence-corrected chi connectivity index (χ4v) is 11.6. The molecule has 35 nitrogen and oxygen atoms in total. The number of carbonyl (C=O) groups excluding carboxylic acids is 13. The average Bonchev–Trinajstić information content (AvgIpc) is 0.849. The van der Waals surface area contributed by atoms with Gasteiger partial charge in [0.25, 0.3) is 0 Å². The first kappa shape index (κ1) is 97.7. The lowest BCUT2D eigenvalue weighted by Gasteiger charge is -2.30. The number of benzene rings is 2. The molecule has 2 aromatic rings. The van der Waals surface area contributed by atoms with Gasteiger partial charge < -0.3 is 113 Å². The van der Waals surface area contributed by atoms with Crippen molar-refractivity contribution in [2.24, 2.45) is 52.3 Å². The van der Waals surface area contributed by atoms with E-state index >= 15 is 0 Å². The van der Waals surface area contributed by atoms with Crippen LogP contribution in [0.1, 0.15) is 178 Å². The molecule has 0 saturated heterocycles. The van der Waals surface area contributed by atoms with E-state index in [0.29, 0.717) is 82.0 Å². The lowest BCUT2D eigenvalue weighted by atomic mass is 9.98. The number of nitrogens with two attached hydrogens (primary N) is 5. The molecule has 0 saturated carbocycles. The maximum atomic E-state index is 14.5. The van der Waals surface area contributed by atoms with Crippen molar-refractivity contribution in [3.8, 4) is 5.75 Å². The van der Waals surface area contributed by atoms with E-state index in [-0.39, 0.29) is 63.3 Å². The smallest absolute Gasteiger partial charge is 0.325 e. The van der Waals surface area contributed by atoms with Crippen LogP contribution < -0.4 is 97.8 Å². The van der Waals surface area contributed by atoms with Crippen LogP contribution in [0, 0.1) is 23.7 Å². The second-order valence-corrected chi connectivity index (χ2v) is 29.7. The summed E-state index contributed by atoms with van der Waals surface area (Å²) in [4.78, 5) is 194. The molecule has 26 N–H and O–H groups in total. The van der Waals surface area contributed by atoms with E-state index in [1.54, 1.807) is 85.7 Å². The van der Waals surface area contributed by atoms with Crippen LogP contribution in [-0.2, 0) is 80.0 Å². The van der Waals surface area contributed by atoms with Gasteiger partial charge in [-0.1, -0.05) is 104 Å². The minimum Gasteiger partial charge on any atom is -0.508 e. The summed E-state index contributed by atoms with van der Waals surface area (Å²) in [5.41, 5.74) is 30.2. The Morgan fingerprint density at radius 1 is 0.324 bits per heavy atom. The van der Waals surface area contributed by atoms with Gasteiger partial charge in [-0.15, -0.1) is 0 Å². The van der Waals surface area contributed by atoms with E-state index < -0.39 is 191 Å². The number of phenolic OH excluding ortho intramolecular Hbond substituents is 1. The zero-order chi connectivity index (χ0) is 83.8. The first-order chi connectivity index (χ1) is 52.3. The van der Waals surface area contributed by atoms with Crippen LogP contribution in [0.15, 0.2) is 54.6 Å². The number of carbonyl (C=O) groups is 14. The van der Waals surface area contributed by atoms with E-state index in [4.69, 9.17) is 28.7 Å². The maximum absolute atomic E-state index is 14.5. The zero-order valence-electron chi connectivity index (χ0n) is 66.5. The Balaban J connectivity index is 2.34. The Bertz CT molecular complexity index is 3310. The molecule has 0 spiro atoms. The van der Waals surface area contributed by atoms with E-state index in [9.17, 15) is 82.4 Å². The van der Waals surface area contributed by atoms with E-state index in [0.717, 1.165) is 0 Å². The van der Waals surface area contributed by atoms with Crippen LogP contribution in [-0.4, -0.2) is 215 Å². The number of aliphatic carboxylic acids is 1. The van der Waals surface area contributed by atoms with Crippen LogP contribution in [0.25, 0.3) is 0 Å². The van der Waals surface area contributed by atoms with Crippen LogP contribution in [0.4, 0.5) is 0 Å². The number of aliphatic hydroxyl groups is 1. The van der Waals surface area contributed by atoms with Crippen molar-refractivity contribution in [1.82, 2.24) is 69.1 Å². The highest BCUT2D eigenvalue weighted by molar-refractivity contribution is 6.00. The Hall–Kier alpha value is -9.42. The van der Waals surface area contributed by atoms with Crippen molar-refractivity contribution in [3.63, 3.8) is 0 Å². The van der Waals surface area contributed by atoms with Crippen molar-refractivity contribution in [3.05, 3.63) is 65.7 Å². The predicted molar refractivity (Wildman–Crippen MR) is 417 cm³/mol. The SMILES string of the molecule is CC(C)C[C@H](NC(=O)[C@@H](NC(=O)[C@H](Cc1ccc(O)cc1)NC(=O)[C@@H](NC(=O)[C@H](C)NC(=O)[C@H](C)NC(=O)[C@@H](NC(=O)[C@@H](NC(=O)[C@H](CCCCN)NC(=O)[C@H](CCCCN)NC(=O)[C@H](CCCCN)NC(=O)[C@@H](N)CCCCN)C(C)C)C(C)C)[C@@H](C)O)C(C)C)C(=O)N[C@@H](Cc1ccccc1)C(=O)N[C@@H](C)C(=O)O. The number of rotatable bonds is 53. The van der Waals surface area contributed by atoms with Gasteiger partial charge in [0.1, 0.15) is 84.3 Å². The molecule has 0 radical (unpaired) electrons. The van der Waals surface area contributed by atoms with Crippen molar-refractivity contribution in [2.75, 3.05) is 26.2 Å². The fourth-order valence-electron chi connectivity index (χ4n) is 11.6. The van der Waals surface area contributed by atoms with Gasteiger partial charge >= 0.3 is 5.97 Å². The number of hydrogen-bond donors (Lipinski definition) is 21. The van der Waals surface area contributed by atoms with E-state index in [1.807, 2.05) is 0 Å². The molecule has 0 aliphatic rings. The number of phenols is 1. The molecule has 0 heterocycles. The monoisotopic (exact) mass is 1560 g/mol. The maximum Gasteiger partial charge on any atom is 0.325 e. The van der Waals surface area contributed by atoms with Gasteiger partial charge in [-0.05, 0) is 178 Å². The Kier molecular flexibility index (Phi) is 45.0. The van der Waals surface area contributed by atoms with Gasteiger partial charge in [-0.25, -0.2) is 0 Å². The summed E-state index contributed by atoms with van der Waals surface area (Å²) >= 11 is 0. The molecule has 0 unspecified atom stereocenters. The summed E-state index contributed by atoms with van der Waals surface area (Å²) < 4.78 is 0. The van der Waals surface area contributed by atoms with Gasteiger partial charge in [0.15, 0.2) is 0 Å². The molecule has 111 heavy (non-hydrogen) atoms. The Labute approximate surface area is 651 Å². The summed E-state index contributed by atoms with van der Waals surface area (Å²) in [6, 6.07) is -4.40. The molecule has 624 valence electrons. The highest BCUT2D eigenvalue weighted by Gasteiger charge is 2.39. The zero-order valence-corrected chi connectivity index (χ0v) is 66.5. The quantitative estimate of drug-likeness (QED) is 0.0314. The molecule has 0 bridgehead atoms. The fraction of sp³-hybridized carbons (Fsp3) is 0.658. The number of aliphatic hydroxyl groups excluding tert-OH is 1. The predicted octanol–water partition coefficient (Wildman–Crippen LogP) is -2.14. The topological polar surface area (TPSA) is 586 Å². The Morgan fingerprint density at radius 3 is 1.04 bits per heavy atom. The van der Waals surface area contributed by atoms with Gasteiger partial charge in [0.05, 0.1) is 12.1 Å². The first-order valence-electron chi connectivity index (χ1n) is 38.5. The number of carboxylic acid groups (broad SMARTS) is 1. The summed E-state index contributed by atoms with van der Waals surface area (Å²) in [5.74, 6) is -14.3. The number of unbranched alkanes of at least 4 members (excludes halogenated alkanes) is 4. The second kappa shape index (κ2) is 51.2. The molecule has 2 rings (SSSR count). The van der Waals surface area contributed by atoms with Crippen LogP contribution in [0.3, 0.4) is 0 Å². The summed E-state index contributed by atoms with van der Waals surface area (Å²) in [7, 11) is 0. The molecular weight excluding hydrogens is 1440 g/mol. The third-order valence-electron chi connectivity index (χ3n) is 18.3. The normalized spacial score (nSPS) is 15.4. The molecule has 0 aromatic heterocycles. The lowest BCUT2D eigenvalue weighted by Crippen LogP contribution is -2.62. The van der Waals surface area contributed by atoms with Crippen molar-refractivity contribution >= 4 is 82.8 Å². The molecule has 35 heteroatoms. The number of carboxylic acids is 1. The highest BCUT2D eigenvalue weighted by Crippen LogP contribution is 2.17.